The van der Waals surface area contributed by atoms with Gasteiger partial charge < -0.3 is 9.47 Å². The van der Waals surface area contributed by atoms with E-state index < -0.39 is 17.4 Å². The van der Waals surface area contributed by atoms with Crippen LogP contribution >= 0.6 is 45.3 Å². The van der Waals surface area contributed by atoms with Crippen LogP contribution in [0, 0.1) is 45.3 Å². The van der Waals surface area contributed by atoms with Crippen molar-refractivity contribution in [2.75, 3.05) is 0 Å². The SMILES string of the molecule is N#CC(C#N)=Nc1cc2c(s1)-c1sc3c(sc4cc(N=C(C#N)C#N)sc43)c1C2(C(=O)OCc1ccccc1)C(=O)OCc1ccccc1. The number of carbonyl (C=O) groups excluding carboxylic acids is 2. The Morgan fingerprint density at radius 1 is 0.633 bits per heavy atom. The van der Waals surface area contributed by atoms with Crippen LogP contribution in [-0.2, 0) is 37.7 Å². The standard InChI is InChI=1S/C35H16N6O4S4/c36-13-21(14-37)40-25-11-23-28(47-25)30-27(31-32(49-30)29-24(46-31)12-26(48-29)41-22(15-38)16-39)35(23,33(42)44-17-19-7-3-1-4-8-19)34(43)45-18-20-9-5-2-6-10-20/h1-12H,17-18H2. The second-order valence-electron chi connectivity index (χ2n) is 10.4. The molecule has 0 atom stereocenters. The lowest BCUT2D eigenvalue weighted by Gasteiger charge is -2.26. The van der Waals surface area contributed by atoms with E-state index in [1.807, 2.05) is 60.7 Å². The van der Waals surface area contributed by atoms with Crippen LogP contribution in [0.25, 0.3) is 28.6 Å². The molecule has 49 heavy (non-hydrogen) atoms. The van der Waals surface area contributed by atoms with Gasteiger partial charge in [-0.2, -0.15) is 21.0 Å². The predicted molar refractivity (Wildman–Crippen MR) is 188 cm³/mol. The number of fused-ring (bicyclic) bond motifs is 7. The maximum atomic E-state index is 14.7. The molecule has 0 bridgehead atoms. The van der Waals surface area contributed by atoms with Gasteiger partial charge in [-0.15, -0.1) is 45.3 Å². The topological polar surface area (TPSA) is 172 Å². The van der Waals surface area contributed by atoms with Crippen LogP contribution in [0.2, 0.25) is 0 Å². The largest absolute Gasteiger partial charge is 0.459 e. The van der Waals surface area contributed by atoms with Crippen molar-refractivity contribution >= 4 is 97.5 Å². The van der Waals surface area contributed by atoms with Gasteiger partial charge in [-0.1, -0.05) is 60.7 Å². The molecule has 4 heterocycles. The highest BCUT2D eigenvalue weighted by Crippen LogP contribution is 2.63. The molecule has 0 fully saturated rings. The van der Waals surface area contributed by atoms with E-state index in [-0.39, 0.29) is 29.6 Å². The average Bonchev–Trinajstić information content (AvgIpc) is 3.93. The van der Waals surface area contributed by atoms with Crippen molar-refractivity contribution in [2.24, 2.45) is 9.98 Å². The van der Waals surface area contributed by atoms with E-state index in [1.165, 1.54) is 34.0 Å². The Hall–Kier alpha value is -6.00. The second kappa shape index (κ2) is 12.9. The summed E-state index contributed by atoms with van der Waals surface area (Å²) in [6.45, 7) is -0.205. The molecule has 14 heteroatoms. The van der Waals surface area contributed by atoms with Crippen molar-refractivity contribution < 1.29 is 19.1 Å². The van der Waals surface area contributed by atoms with Crippen LogP contribution in [0.4, 0.5) is 10.0 Å². The van der Waals surface area contributed by atoms with Gasteiger partial charge in [0.05, 0.1) is 23.9 Å². The molecule has 234 valence electrons. The third-order valence-corrected chi connectivity index (χ3v) is 12.6. The lowest BCUT2D eigenvalue weighted by molar-refractivity contribution is -0.164. The molecule has 1 aliphatic rings. The van der Waals surface area contributed by atoms with Gasteiger partial charge in [0.2, 0.25) is 16.8 Å². The van der Waals surface area contributed by atoms with Gasteiger partial charge in [0.15, 0.2) is 0 Å². The van der Waals surface area contributed by atoms with E-state index in [0.717, 1.165) is 36.6 Å². The lowest BCUT2D eigenvalue weighted by Crippen LogP contribution is -2.45. The molecule has 0 spiro atoms. The molecule has 7 rings (SSSR count). The number of thiophene rings is 4. The molecule has 10 nitrogen and oxygen atoms in total. The summed E-state index contributed by atoms with van der Waals surface area (Å²) in [6, 6.07) is 28.6. The van der Waals surface area contributed by atoms with Crippen molar-refractivity contribution in [1.82, 2.24) is 0 Å². The molecule has 0 radical (unpaired) electrons. The Morgan fingerprint density at radius 2 is 1.16 bits per heavy atom. The van der Waals surface area contributed by atoms with Gasteiger partial charge in [0.25, 0.3) is 0 Å². The quantitative estimate of drug-likeness (QED) is 0.0862. The van der Waals surface area contributed by atoms with E-state index in [1.54, 1.807) is 36.4 Å². The number of rotatable bonds is 8. The minimum absolute atomic E-state index is 0.103. The van der Waals surface area contributed by atoms with Crippen molar-refractivity contribution in [3.05, 3.63) is 95.1 Å². The number of nitrogens with zero attached hydrogens (tertiary/aromatic N) is 6. The zero-order valence-corrected chi connectivity index (χ0v) is 28.1. The summed E-state index contributed by atoms with van der Waals surface area (Å²) in [5.74, 6) is -1.67. The van der Waals surface area contributed by atoms with Crippen molar-refractivity contribution in [1.29, 1.82) is 21.0 Å². The highest BCUT2D eigenvalue weighted by molar-refractivity contribution is 7.41. The first-order valence-corrected chi connectivity index (χ1v) is 17.5. The summed E-state index contributed by atoms with van der Waals surface area (Å²) in [4.78, 5) is 38.9. The maximum Gasteiger partial charge on any atom is 0.333 e. The summed E-state index contributed by atoms with van der Waals surface area (Å²) >= 11 is 5.18. The van der Waals surface area contributed by atoms with E-state index in [4.69, 9.17) is 9.47 Å². The molecule has 0 amide bonds. The van der Waals surface area contributed by atoms with Crippen LogP contribution < -0.4 is 0 Å². The first-order chi connectivity index (χ1) is 23.9. The van der Waals surface area contributed by atoms with Crippen LogP contribution in [0.1, 0.15) is 22.3 Å². The summed E-state index contributed by atoms with van der Waals surface area (Å²) in [6.07, 6.45) is 0. The van der Waals surface area contributed by atoms with Crippen molar-refractivity contribution in [3.8, 4) is 34.0 Å². The Labute approximate surface area is 293 Å². The van der Waals surface area contributed by atoms with Crippen LogP contribution in [-0.4, -0.2) is 23.4 Å². The zero-order valence-electron chi connectivity index (χ0n) is 24.8. The molecule has 0 N–H and O–H groups in total. The van der Waals surface area contributed by atoms with Gasteiger partial charge in [-0.3, -0.25) is 9.59 Å². The molecule has 0 aliphatic heterocycles. The summed E-state index contributed by atoms with van der Waals surface area (Å²) in [5.41, 5.74) is -0.516. The third kappa shape index (κ3) is 5.36. The Bertz CT molecular complexity index is 2460. The van der Waals surface area contributed by atoms with Crippen molar-refractivity contribution in [2.45, 2.75) is 18.6 Å². The third-order valence-electron chi connectivity index (χ3n) is 7.58. The second-order valence-corrected chi connectivity index (χ2v) is 14.5. The summed E-state index contributed by atoms with van der Waals surface area (Å²) in [5, 5.41) is 38.0. The molecular formula is C35H16N6O4S4. The number of hydrogen-bond acceptors (Lipinski definition) is 14. The molecule has 0 unspecified atom stereocenters. The number of esters is 2. The van der Waals surface area contributed by atoms with Crippen LogP contribution in [0.3, 0.4) is 0 Å². The number of nitriles is 4. The number of carbonyl (C=O) groups is 2. The van der Waals surface area contributed by atoms with Crippen LogP contribution in [0.5, 0.6) is 0 Å². The minimum atomic E-state index is -2.06. The van der Waals surface area contributed by atoms with E-state index >= 15 is 0 Å². The molecule has 6 aromatic rings. The van der Waals surface area contributed by atoms with Gasteiger partial charge in [-0.25, -0.2) is 9.98 Å². The molecule has 0 saturated heterocycles. The van der Waals surface area contributed by atoms with Gasteiger partial charge >= 0.3 is 11.9 Å². The van der Waals surface area contributed by atoms with Gasteiger partial charge in [0.1, 0.15) is 47.5 Å². The normalized spacial score (nSPS) is 12.1. The lowest BCUT2D eigenvalue weighted by atomic mass is 9.79. The molecular weight excluding hydrogens is 697 g/mol. The van der Waals surface area contributed by atoms with E-state index in [9.17, 15) is 30.6 Å². The predicted octanol–water partition coefficient (Wildman–Crippen LogP) is 8.23. The number of benzene rings is 2. The maximum absolute atomic E-state index is 14.7. The molecule has 4 aromatic heterocycles. The smallest absolute Gasteiger partial charge is 0.333 e. The fourth-order valence-electron chi connectivity index (χ4n) is 5.48. The van der Waals surface area contributed by atoms with Gasteiger partial charge in [-0.05, 0) is 23.3 Å². The summed E-state index contributed by atoms with van der Waals surface area (Å²) < 4.78 is 15.0. The van der Waals surface area contributed by atoms with E-state index in [2.05, 4.69) is 9.98 Å². The monoisotopic (exact) mass is 712 g/mol. The fourth-order valence-corrected chi connectivity index (χ4v) is 11.0. The fraction of sp³-hybridized carbons (Fsp3) is 0.0857. The van der Waals surface area contributed by atoms with Gasteiger partial charge in [0, 0.05) is 15.8 Å². The summed E-state index contributed by atoms with van der Waals surface area (Å²) in [7, 11) is 0. The zero-order chi connectivity index (χ0) is 34.1. The first kappa shape index (κ1) is 31.6. The first-order valence-electron chi connectivity index (χ1n) is 14.2. The highest BCUT2D eigenvalue weighted by atomic mass is 32.1. The number of hydrogen-bond donors (Lipinski definition) is 0. The van der Waals surface area contributed by atoms with Crippen molar-refractivity contribution in [3.63, 3.8) is 0 Å². The highest BCUT2D eigenvalue weighted by Gasteiger charge is 2.61. The van der Waals surface area contributed by atoms with E-state index in [0.29, 0.717) is 30.6 Å². The number of ether oxygens (including phenoxy) is 2. The van der Waals surface area contributed by atoms with Crippen LogP contribution in [0.15, 0.2) is 82.8 Å². The Morgan fingerprint density at radius 3 is 1.69 bits per heavy atom. The Balaban J connectivity index is 1.45. The molecule has 1 aliphatic carbocycles. The average molecular weight is 713 g/mol. The number of aliphatic imine (C=N–C) groups is 2. The molecule has 2 aromatic carbocycles. The Kier molecular flexibility index (Phi) is 8.31. The minimum Gasteiger partial charge on any atom is -0.459 e. The molecule has 0 saturated carbocycles.